The molecule has 2 amide bonds. The third-order valence-electron chi connectivity index (χ3n) is 5.29. The molecule has 0 spiro atoms. The fourth-order valence-corrected chi connectivity index (χ4v) is 3.82. The monoisotopic (exact) mass is 496 g/mol. The maximum absolute atomic E-state index is 14.0. The molecule has 2 aromatic carbocycles. The summed E-state index contributed by atoms with van der Waals surface area (Å²) in [4.78, 5) is 32.5. The van der Waals surface area contributed by atoms with Crippen molar-refractivity contribution in [2.45, 2.75) is 12.6 Å². The maximum atomic E-state index is 14.0. The van der Waals surface area contributed by atoms with Crippen LogP contribution in [0.15, 0.2) is 67.0 Å². The van der Waals surface area contributed by atoms with Crippen LogP contribution in [0, 0.1) is 5.82 Å². The van der Waals surface area contributed by atoms with E-state index in [-0.39, 0.29) is 30.4 Å². The van der Waals surface area contributed by atoms with Gasteiger partial charge >= 0.3 is 0 Å². The summed E-state index contributed by atoms with van der Waals surface area (Å²) in [7, 11) is 1.52. The van der Waals surface area contributed by atoms with Gasteiger partial charge in [-0.25, -0.2) is 9.07 Å². The molecule has 0 aliphatic carbocycles. The average Bonchev–Trinajstić information content (AvgIpc) is 3.27. The molecule has 0 aliphatic heterocycles. The molecule has 4 aromatic rings. The first-order valence-corrected chi connectivity index (χ1v) is 11.1. The number of halogens is 2. The SMILES string of the molecule is COCCNC(=O)C(c1ccncc1)N(C(=O)Cn1nnc2ccccc21)c1ccc(F)c(Cl)c1. The molecule has 1 unspecified atom stereocenters. The number of ether oxygens (including phenoxy) is 1. The molecule has 0 saturated heterocycles. The van der Waals surface area contributed by atoms with Crippen molar-refractivity contribution in [3.05, 3.63) is 83.4 Å². The summed E-state index contributed by atoms with van der Waals surface area (Å²) >= 11 is 6.05. The number of fused-ring (bicyclic) bond motifs is 1. The second kappa shape index (κ2) is 11.0. The zero-order valence-corrected chi connectivity index (χ0v) is 19.5. The van der Waals surface area contributed by atoms with E-state index in [9.17, 15) is 14.0 Å². The molecule has 0 radical (unpaired) electrons. The van der Waals surface area contributed by atoms with Crippen molar-refractivity contribution in [3.8, 4) is 0 Å². The molecule has 2 aromatic heterocycles. The van der Waals surface area contributed by atoms with E-state index in [1.165, 1.54) is 41.2 Å². The highest BCUT2D eigenvalue weighted by Crippen LogP contribution is 2.31. The third kappa shape index (κ3) is 5.44. The number of nitrogens with one attached hydrogen (secondary N) is 1. The number of carbonyl (C=O) groups is 2. The van der Waals surface area contributed by atoms with E-state index < -0.39 is 23.7 Å². The van der Waals surface area contributed by atoms with Crippen LogP contribution < -0.4 is 10.2 Å². The predicted octanol–water partition coefficient (Wildman–Crippen LogP) is 3.16. The molecule has 35 heavy (non-hydrogen) atoms. The first-order chi connectivity index (χ1) is 17.0. The Kier molecular flexibility index (Phi) is 7.64. The smallest absolute Gasteiger partial charge is 0.249 e. The number of rotatable bonds is 9. The molecule has 0 bridgehead atoms. The van der Waals surface area contributed by atoms with Crippen molar-refractivity contribution in [1.29, 1.82) is 0 Å². The van der Waals surface area contributed by atoms with E-state index in [4.69, 9.17) is 16.3 Å². The van der Waals surface area contributed by atoms with Crippen molar-refractivity contribution >= 4 is 40.1 Å². The van der Waals surface area contributed by atoms with Crippen molar-refractivity contribution in [1.82, 2.24) is 25.3 Å². The lowest BCUT2D eigenvalue weighted by Gasteiger charge is -2.31. The van der Waals surface area contributed by atoms with Crippen LogP contribution in [0.25, 0.3) is 11.0 Å². The number of hydrogen-bond donors (Lipinski definition) is 1. The van der Waals surface area contributed by atoms with Crippen LogP contribution in [-0.2, 0) is 20.9 Å². The molecule has 180 valence electrons. The molecular weight excluding hydrogens is 475 g/mol. The highest BCUT2D eigenvalue weighted by atomic mass is 35.5. The van der Waals surface area contributed by atoms with Crippen LogP contribution in [0.5, 0.6) is 0 Å². The molecule has 9 nitrogen and oxygen atoms in total. The van der Waals surface area contributed by atoms with E-state index in [1.54, 1.807) is 24.3 Å². The van der Waals surface area contributed by atoms with Crippen LogP contribution in [0.2, 0.25) is 5.02 Å². The summed E-state index contributed by atoms with van der Waals surface area (Å²) in [5.41, 5.74) is 2.03. The zero-order valence-electron chi connectivity index (χ0n) is 18.8. The molecule has 11 heteroatoms. The summed E-state index contributed by atoms with van der Waals surface area (Å²) < 4.78 is 20.4. The maximum Gasteiger partial charge on any atom is 0.249 e. The quantitative estimate of drug-likeness (QED) is 0.357. The van der Waals surface area contributed by atoms with Crippen molar-refractivity contribution in [2.75, 3.05) is 25.2 Å². The Hall–Kier alpha value is -3.89. The van der Waals surface area contributed by atoms with Gasteiger partial charge in [-0.1, -0.05) is 28.9 Å². The minimum atomic E-state index is -1.10. The minimum absolute atomic E-state index is 0.181. The third-order valence-corrected chi connectivity index (χ3v) is 5.58. The van der Waals surface area contributed by atoms with E-state index in [0.29, 0.717) is 16.6 Å². The van der Waals surface area contributed by atoms with Gasteiger partial charge in [0.1, 0.15) is 23.9 Å². The van der Waals surface area contributed by atoms with Crippen molar-refractivity contribution in [3.63, 3.8) is 0 Å². The lowest BCUT2D eigenvalue weighted by Crippen LogP contribution is -2.46. The van der Waals surface area contributed by atoms with Crippen LogP contribution in [-0.4, -0.2) is 52.1 Å². The predicted molar refractivity (Wildman–Crippen MR) is 128 cm³/mol. The number of carbonyl (C=O) groups excluding carboxylic acids is 2. The van der Waals surface area contributed by atoms with Crippen molar-refractivity contribution < 1.29 is 18.7 Å². The molecule has 0 aliphatic rings. The van der Waals surface area contributed by atoms with E-state index >= 15 is 0 Å². The molecule has 1 atom stereocenters. The Morgan fingerprint density at radius 1 is 1.17 bits per heavy atom. The van der Waals surface area contributed by atoms with Crippen molar-refractivity contribution in [2.24, 2.45) is 0 Å². The van der Waals surface area contributed by atoms with Gasteiger partial charge in [0.25, 0.3) is 0 Å². The normalized spacial score (nSPS) is 11.9. The number of methoxy groups -OCH3 is 1. The Labute approximate surface area is 205 Å². The van der Waals surface area contributed by atoms with Crippen LogP contribution in [0.4, 0.5) is 10.1 Å². The number of amides is 2. The standard InChI is InChI=1S/C24H22ClFN6O3/c1-35-13-12-28-24(34)23(16-8-10-27-11-9-16)32(17-6-7-19(26)18(25)14-17)22(33)15-31-21-5-3-2-4-20(21)29-30-31/h2-11,14,23H,12-13,15H2,1H3,(H,28,34). The lowest BCUT2D eigenvalue weighted by atomic mass is 10.0. The minimum Gasteiger partial charge on any atom is -0.383 e. The average molecular weight is 497 g/mol. The fraction of sp³-hybridized carbons (Fsp3) is 0.208. The number of nitrogens with zero attached hydrogens (tertiary/aromatic N) is 5. The number of hydrogen-bond acceptors (Lipinski definition) is 6. The molecule has 0 saturated carbocycles. The van der Waals surface area contributed by atoms with E-state index in [2.05, 4.69) is 20.6 Å². The number of pyridine rings is 1. The van der Waals surface area contributed by atoms with E-state index in [1.807, 2.05) is 12.1 Å². The van der Waals surface area contributed by atoms with E-state index in [0.717, 1.165) is 6.07 Å². The number of anilines is 1. The molecular formula is C24H22ClFN6O3. The fourth-order valence-electron chi connectivity index (χ4n) is 3.65. The highest BCUT2D eigenvalue weighted by molar-refractivity contribution is 6.31. The Morgan fingerprint density at radius 3 is 2.69 bits per heavy atom. The summed E-state index contributed by atoms with van der Waals surface area (Å²) in [5, 5.41) is 10.8. The second-order valence-electron chi connectivity index (χ2n) is 7.56. The number of para-hydroxylation sites is 1. The van der Waals surface area contributed by atoms with Crippen LogP contribution in [0.1, 0.15) is 11.6 Å². The molecule has 2 heterocycles. The second-order valence-corrected chi connectivity index (χ2v) is 7.97. The largest absolute Gasteiger partial charge is 0.383 e. The number of benzene rings is 2. The van der Waals surface area contributed by atoms with Gasteiger partial charge in [0.15, 0.2) is 0 Å². The summed E-state index contributed by atoms with van der Waals surface area (Å²) in [6, 6.07) is 13.2. The first kappa shape index (κ1) is 24.2. The molecule has 0 fully saturated rings. The number of aromatic nitrogens is 4. The topological polar surface area (TPSA) is 102 Å². The van der Waals surface area contributed by atoms with Gasteiger partial charge in [-0.3, -0.25) is 19.5 Å². The van der Waals surface area contributed by atoms with Gasteiger partial charge in [-0.15, -0.1) is 5.10 Å². The van der Waals surface area contributed by atoms with Gasteiger partial charge < -0.3 is 10.1 Å². The van der Waals surface area contributed by atoms with Gasteiger partial charge in [0.05, 0.1) is 17.1 Å². The summed E-state index contributed by atoms with van der Waals surface area (Å²) in [6.45, 7) is 0.301. The van der Waals surface area contributed by atoms with Crippen LogP contribution >= 0.6 is 11.6 Å². The molecule has 4 rings (SSSR count). The zero-order chi connectivity index (χ0) is 24.8. The Morgan fingerprint density at radius 2 is 1.94 bits per heavy atom. The summed E-state index contributed by atoms with van der Waals surface area (Å²) in [6.07, 6.45) is 3.05. The Balaban J connectivity index is 1.78. The van der Waals surface area contributed by atoms with Gasteiger partial charge in [-0.05, 0) is 48.0 Å². The molecule has 1 N–H and O–H groups in total. The lowest BCUT2D eigenvalue weighted by molar-refractivity contribution is -0.127. The van der Waals surface area contributed by atoms with Gasteiger partial charge in [-0.2, -0.15) is 0 Å². The highest BCUT2D eigenvalue weighted by Gasteiger charge is 2.33. The summed E-state index contributed by atoms with van der Waals surface area (Å²) in [5.74, 6) is -1.58. The first-order valence-electron chi connectivity index (χ1n) is 10.7. The van der Waals surface area contributed by atoms with Gasteiger partial charge in [0, 0.05) is 31.7 Å². The Bertz CT molecular complexity index is 1330. The van der Waals surface area contributed by atoms with Crippen LogP contribution in [0.3, 0.4) is 0 Å². The van der Waals surface area contributed by atoms with Gasteiger partial charge in [0.2, 0.25) is 11.8 Å².